The summed E-state index contributed by atoms with van der Waals surface area (Å²) in [4.78, 5) is 29.2. The molecule has 1 atom stereocenters. The molecule has 0 aliphatic carbocycles. The number of ether oxygens (including phenoxy) is 2. The third-order valence-electron chi connectivity index (χ3n) is 5.28. The second-order valence-corrected chi connectivity index (χ2v) is 6.99. The molecule has 2 aromatic carbocycles. The lowest BCUT2D eigenvalue weighted by molar-refractivity contribution is 0.0746. The summed E-state index contributed by atoms with van der Waals surface area (Å²) < 4.78 is 10.7. The molecule has 0 aromatic heterocycles. The lowest BCUT2D eigenvalue weighted by atomic mass is 10.1. The van der Waals surface area contributed by atoms with Crippen LogP contribution < -0.4 is 9.64 Å². The van der Waals surface area contributed by atoms with Crippen molar-refractivity contribution < 1.29 is 24.2 Å². The molecule has 1 unspecified atom stereocenters. The molecule has 2 aliphatic heterocycles. The van der Waals surface area contributed by atoms with Gasteiger partial charge < -0.3 is 19.5 Å². The van der Waals surface area contributed by atoms with E-state index in [1.54, 1.807) is 4.90 Å². The minimum Gasteiger partial charge on any atom is -0.504 e. The minimum absolute atomic E-state index is 0.0719. The van der Waals surface area contributed by atoms with Crippen LogP contribution in [0.4, 0.5) is 10.5 Å². The van der Waals surface area contributed by atoms with Crippen LogP contribution in [0.2, 0.25) is 0 Å². The average molecular weight is 382 g/mol. The van der Waals surface area contributed by atoms with Crippen molar-refractivity contribution in [3.05, 3.63) is 53.6 Å². The summed E-state index contributed by atoms with van der Waals surface area (Å²) in [6.45, 7) is 1.12. The van der Waals surface area contributed by atoms with E-state index in [4.69, 9.17) is 9.47 Å². The first-order valence-electron chi connectivity index (χ1n) is 9.28. The van der Waals surface area contributed by atoms with Gasteiger partial charge >= 0.3 is 6.09 Å². The third-order valence-corrected chi connectivity index (χ3v) is 5.28. The highest BCUT2D eigenvalue weighted by molar-refractivity contribution is 6.05. The molecular weight excluding hydrogens is 360 g/mol. The Morgan fingerprint density at radius 1 is 1.25 bits per heavy atom. The molecule has 146 valence electrons. The number of carbonyl (C=O) groups excluding carboxylic acids is 2. The zero-order chi connectivity index (χ0) is 19.7. The molecule has 7 nitrogen and oxygen atoms in total. The van der Waals surface area contributed by atoms with Crippen molar-refractivity contribution >= 4 is 17.7 Å². The molecule has 0 bridgehead atoms. The molecule has 2 aromatic rings. The van der Waals surface area contributed by atoms with Gasteiger partial charge in [-0.3, -0.25) is 9.69 Å². The van der Waals surface area contributed by atoms with Crippen LogP contribution in [0.3, 0.4) is 0 Å². The van der Waals surface area contributed by atoms with E-state index in [0.717, 1.165) is 18.4 Å². The SMILES string of the molecule is COc1cc2c(cc1O)N(C(=O)OCc1ccccc1)CC1CCCN1C2=O. The number of fused-ring (bicyclic) bond motifs is 2. The van der Waals surface area contributed by atoms with Crippen LogP contribution in [-0.4, -0.2) is 48.2 Å². The summed E-state index contributed by atoms with van der Waals surface area (Å²) >= 11 is 0. The summed E-state index contributed by atoms with van der Waals surface area (Å²) in [6.07, 6.45) is 1.18. The maximum absolute atomic E-state index is 13.1. The van der Waals surface area contributed by atoms with Gasteiger partial charge in [-0.2, -0.15) is 0 Å². The number of nitrogens with zero attached hydrogens (tertiary/aromatic N) is 2. The number of carbonyl (C=O) groups is 2. The molecule has 1 fully saturated rings. The van der Waals surface area contributed by atoms with Gasteiger partial charge in [0.2, 0.25) is 0 Å². The van der Waals surface area contributed by atoms with Gasteiger partial charge in [-0.05, 0) is 24.5 Å². The molecule has 1 N–H and O–H groups in total. The standard InChI is InChI=1S/C21H22N2O5/c1-27-19-10-16-17(11-18(19)24)23(12-15-8-5-9-22(15)20(16)25)21(26)28-13-14-6-3-2-4-7-14/h2-4,6-7,10-11,15,24H,5,8-9,12-13H2,1H3. The predicted octanol–water partition coefficient (Wildman–Crippen LogP) is 3.16. The van der Waals surface area contributed by atoms with Gasteiger partial charge in [0.1, 0.15) is 6.61 Å². The Hall–Kier alpha value is -3.22. The highest BCUT2D eigenvalue weighted by Crippen LogP contribution is 2.39. The Labute approximate surface area is 163 Å². The lowest BCUT2D eigenvalue weighted by Gasteiger charge is -2.25. The van der Waals surface area contributed by atoms with E-state index in [0.29, 0.717) is 24.3 Å². The van der Waals surface area contributed by atoms with Crippen LogP contribution in [0.15, 0.2) is 42.5 Å². The van der Waals surface area contributed by atoms with Crippen LogP contribution in [0.25, 0.3) is 0 Å². The fourth-order valence-electron chi connectivity index (χ4n) is 3.84. The number of methoxy groups -OCH3 is 1. The van der Waals surface area contributed by atoms with Crippen molar-refractivity contribution in [1.82, 2.24) is 4.90 Å². The number of hydrogen-bond donors (Lipinski definition) is 1. The molecule has 0 radical (unpaired) electrons. The number of rotatable bonds is 3. The average Bonchev–Trinajstić information content (AvgIpc) is 3.14. The van der Waals surface area contributed by atoms with E-state index in [1.807, 2.05) is 30.3 Å². The van der Waals surface area contributed by atoms with Crippen molar-refractivity contribution in [3.8, 4) is 11.5 Å². The smallest absolute Gasteiger partial charge is 0.414 e. The van der Waals surface area contributed by atoms with E-state index in [1.165, 1.54) is 24.1 Å². The number of phenols is 1. The van der Waals surface area contributed by atoms with E-state index in [2.05, 4.69) is 0 Å². The maximum Gasteiger partial charge on any atom is 0.414 e. The number of aromatic hydroxyl groups is 1. The molecule has 7 heteroatoms. The summed E-state index contributed by atoms with van der Waals surface area (Å²) in [5.41, 5.74) is 1.55. The quantitative estimate of drug-likeness (QED) is 0.882. The monoisotopic (exact) mass is 382 g/mol. The van der Waals surface area contributed by atoms with E-state index in [9.17, 15) is 14.7 Å². The molecule has 0 spiro atoms. The topological polar surface area (TPSA) is 79.3 Å². The van der Waals surface area contributed by atoms with Gasteiger partial charge in [0, 0.05) is 19.2 Å². The first-order valence-corrected chi connectivity index (χ1v) is 9.28. The van der Waals surface area contributed by atoms with Crippen LogP contribution in [0.1, 0.15) is 28.8 Å². The summed E-state index contributed by atoms with van der Waals surface area (Å²) in [5.74, 6) is -0.0894. The fraction of sp³-hybridized carbons (Fsp3) is 0.333. The highest BCUT2D eigenvalue weighted by atomic mass is 16.6. The van der Waals surface area contributed by atoms with Gasteiger partial charge in [-0.1, -0.05) is 30.3 Å². The van der Waals surface area contributed by atoms with Crippen LogP contribution in [-0.2, 0) is 11.3 Å². The van der Waals surface area contributed by atoms with Gasteiger partial charge in [0.05, 0.1) is 24.4 Å². The normalized spacial score (nSPS) is 18.3. The van der Waals surface area contributed by atoms with Gasteiger partial charge in [-0.15, -0.1) is 0 Å². The molecule has 2 aliphatic rings. The molecule has 28 heavy (non-hydrogen) atoms. The van der Waals surface area contributed by atoms with Crippen molar-refractivity contribution in [1.29, 1.82) is 0 Å². The molecule has 0 saturated carbocycles. The third kappa shape index (κ3) is 3.24. The van der Waals surface area contributed by atoms with Gasteiger partial charge in [0.25, 0.3) is 5.91 Å². The lowest BCUT2D eigenvalue weighted by Crippen LogP contribution is -2.42. The van der Waals surface area contributed by atoms with Crippen molar-refractivity contribution in [2.75, 3.05) is 25.1 Å². The number of amides is 2. The molecule has 2 amide bonds. The number of phenolic OH excluding ortho intramolecular Hbond substituents is 1. The Bertz CT molecular complexity index is 899. The Kier molecular flexibility index (Phi) is 4.81. The molecule has 1 saturated heterocycles. The number of benzene rings is 2. The van der Waals surface area contributed by atoms with Crippen LogP contribution >= 0.6 is 0 Å². The van der Waals surface area contributed by atoms with Crippen LogP contribution in [0.5, 0.6) is 11.5 Å². The first kappa shape index (κ1) is 18.2. The fourth-order valence-corrected chi connectivity index (χ4v) is 3.84. The minimum atomic E-state index is -0.545. The number of hydrogen-bond acceptors (Lipinski definition) is 5. The second kappa shape index (κ2) is 7.42. The summed E-state index contributed by atoms with van der Waals surface area (Å²) in [6, 6.07) is 12.2. The molecule has 4 rings (SSSR count). The maximum atomic E-state index is 13.1. The van der Waals surface area contributed by atoms with Crippen molar-refractivity contribution in [3.63, 3.8) is 0 Å². The van der Waals surface area contributed by atoms with Gasteiger partial charge in [-0.25, -0.2) is 4.79 Å². The Balaban J connectivity index is 1.67. The summed E-state index contributed by atoms with van der Waals surface area (Å²) in [7, 11) is 1.42. The van der Waals surface area contributed by atoms with Crippen LogP contribution in [0, 0.1) is 0 Å². The van der Waals surface area contributed by atoms with E-state index >= 15 is 0 Å². The van der Waals surface area contributed by atoms with Crippen molar-refractivity contribution in [2.24, 2.45) is 0 Å². The van der Waals surface area contributed by atoms with Gasteiger partial charge in [0.15, 0.2) is 11.5 Å². The first-order chi connectivity index (χ1) is 13.6. The number of anilines is 1. The molecular formula is C21H22N2O5. The zero-order valence-corrected chi connectivity index (χ0v) is 15.6. The zero-order valence-electron chi connectivity index (χ0n) is 15.6. The van der Waals surface area contributed by atoms with Crippen molar-refractivity contribution in [2.45, 2.75) is 25.5 Å². The van der Waals surface area contributed by atoms with E-state index in [-0.39, 0.29) is 30.1 Å². The predicted molar refractivity (Wildman–Crippen MR) is 103 cm³/mol. The summed E-state index contributed by atoms with van der Waals surface area (Å²) in [5, 5.41) is 10.2. The largest absolute Gasteiger partial charge is 0.504 e. The highest BCUT2D eigenvalue weighted by Gasteiger charge is 2.39. The molecule has 2 heterocycles. The Morgan fingerprint density at radius 3 is 2.79 bits per heavy atom. The Morgan fingerprint density at radius 2 is 2.04 bits per heavy atom. The second-order valence-electron chi connectivity index (χ2n) is 6.99. The van der Waals surface area contributed by atoms with E-state index < -0.39 is 6.09 Å².